The van der Waals surface area contributed by atoms with E-state index >= 15 is 0 Å². The molecule has 0 bridgehead atoms. The molecule has 150 valence electrons. The number of halogens is 13. The summed E-state index contributed by atoms with van der Waals surface area (Å²) in [5, 5.41) is 0.925. The number of carbonyl (C=O) groups is 1. The average Bonchev–Trinajstić information content (AvgIpc) is 2.35. The van der Waals surface area contributed by atoms with E-state index in [1.807, 2.05) is 0 Å². The molecule has 2 nitrogen and oxygen atoms in total. The van der Waals surface area contributed by atoms with Gasteiger partial charge in [-0.1, -0.05) is 0 Å². The summed E-state index contributed by atoms with van der Waals surface area (Å²) in [6, 6.07) is -3.32. The minimum Gasteiger partial charge on any atom is -0.348 e. The Morgan fingerprint density at radius 1 is 0.680 bits per heavy atom. The number of amides is 1. The first kappa shape index (κ1) is 23.6. The molecule has 0 aliphatic heterocycles. The summed E-state index contributed by atoms with van der Waals surface area (Å²) in [5.41, 5.74) is 0. The van der Waals surface area contributed by atoms with E-state index in [9.17, 15) is 61.9 Å². The Hall–Kier alpha value is -1.44. The maximum absolute atomic E-state index is 13.4. The van der Waals surface area contributed by atoms with E-state index in [1.54, 1.807) is 0 Å². The van der Waals surface area contributed by atoms with Gasteiger partial charge in [-0.25, -0.2) is 0 Å². The number of hydrogen-bond acceptors (Lipinski definition) is 1. The van der Waals surface area contributed by atoms with Crippen LogP contribution in [0.4, 0.5) is 57.1 Å². The summed E-state index contributed by atoms with van der Waals surface area (Å²) in [7, 11) is 0. The largest absolute Gasteiger partial charge is 0.460 e. The molecule has 0 saturated carbocycles. The van der Waals surface area contributed by atoms with Gasteiger partial charge in [0.1, 0.15) is 0 Å². The van der Waals surface area contributed by atoms with Crippen LogP contribution in [-0.2, 0) is 4.79 Å². The number of alkyl halides is 13. The molecule has 0 spiro atoms. The van der Waals surface area contributed by atoms with Crippen molar-refractivity contribution in [3.05, 3.63) is 0 Å². The van der Waals surface area contributed by atoms with Crippen LogP contribution in [0.1, 0.15) is 13.8 Å². The van der Waals surface area contributed by atoms with Crippen LogP contribution in [0.2, 0.25) is 0 Å². The molecule has 0 radical (unpaired) electrons. The molecule has 0 unspecified atom stereocenters. The summed E-state index contributed by atoms with van der Waals surface area (Å²) in [5.74, 6) is -38.8. The molecular formula is C10H8F13NO. The summed E-state index contributed by atoms with van der Waals surface area (Å²) in [4.78, 5) is 10.5. The molecule has 0 rings (SSSR count). The van der Waals surface area contributed by atoms with E-state index in [-0.39, 0.29) is 6.92 Å². The van der Waals surface area contributed by atoms with Gasteiger partial charge in [-0.2, -0.15) is 57.1 Å². The zero-order valence-electron chi connectivity index (χ0n) is 11.9. The van der Waals surface area contributed by atoms with Gasteiger partial charge in [0.05, 0.1) is 6.04 Å². The zero-order chi connectivity index (χ0) is 20.9. The second-order valence-electron chi connectivity index (χ2n) is 4.84. The molecule has 0 aromatic rings. The Morgan fingerprint density at radius 3 is 1.28 bits per heavy atom. The fraction of sp³-hybridized carbons (Fsp3) is 0.900. The lowest BCUT2D eigenvalue weighted by Gasteiger charge is -2.41. The minimum absolute atomic E-state index is 0.0779. The lowest BCUT2D eigenvalue weighted by atomic mass is 9.91. The first-order chi connectivity index (χ1) is 10.6. The van der Waals surface area contributed by atoms with Gasteiger partial charge in [0, 0.05) is 6.92 Å². The van der Waals surface area contributed by atoms with Crippen molar-refractivity contribution in [1.29, 1.82) is 0 Å². The van der Waals surface area contributed by atoms with Gasteiger partial charge in [0.15, 0.2) is 0 Å². The maximum Gasteiger partial charge on any atom is 0.460 e. The summed E-state index contributed by atoms with van der Waals surface area (Å²) in [6.07, 6.45) is -7.45. The van der Waals surface area contributed by atoms with Crippen LogP contribution in [0.5, 0.6) is 0 Å². The van der Waals surface area contributed by atoms with Crippen LogP contribution in [0.15, 0.2) is 0 Å². The van der Waals surface area contributed by atoms with Crippen molar-refractivity contribution in [2.24, 2.45) is 0 Å². The summed E-state index contributed by atoms with van der Waals surface area (Å²) >= 11 is 0. The average molecular weight is 405 g/mol. The molecule has 0 heterocycles. The highest BCUT2D eigenvalue weighted by Gasteiger charge is 2.91. The smallest absolute Gasteiger partial charge is 0.348 e. The van der Waals surface area contributed by atoms with Gasteiger partial charge in [0.25, 0.3) is 0 Å². The molecule has 0 aromatic carbocycles. The number of carbonyl (C=O) groups excluding carboxylic acids is 1. The Labute approximate surface area is 130 Å². The third-order valence-corrected chi connectivity index (χ3v) is 2.92. The number of hydrogen-bond donors (Lipinski definition) is 1. The van der Waals surface area contributed by atoms with Gasteiger partial charge in [-0.05, 0) is 6.92 Å². The van der Waals surface area contributed by atoms with Crippen LogP contribution in [0, 0.1) is 0 Å². The first-order valence-electron chi connectivity index (χ1n) is 5.82. The van der Waals surface area contributed by atoms with Crippen molar-refractivity contribution in [1.82, 2.24) is 5.32 Å². The van der Waals surface area contributed by atoms with Gasteiger partial charge in [-0.3, -0.25) is 4.79 Å². The summed E-state index contributed by atoms with van der Waals surface area (Å²) in [6.45, 7) is 0.348. The monoisotopic (exact) mass is 405 g/mol. The van der Waals surface area contributed by atoms with Crippen molar-refractivity contribution in [3.8, 4) is 0 Å². The van der Waals surface area contributed by atoms with Crippen LogP contribution in [0.25, 0.3) is 0 Å². The lowest BCUT2D eigenvalue weighted by molar-refractivity contribution is -0.441. The number of nitrogens with one attached hydrogen (secondary N) is 1. The minimum atomic E-state index is -7.94. The van der Waals surface area contributed by atoms with Gasteiger partial charge < -0.3 is 5.32 Å². The van der Waals surface area contributed by atoms with E-state index < -0.39 is 47.7 Å². The standard InChI is InChI=1S/C10H8F13NO/c1-3(24-4(2)25)5(11,12)6(13,14)7(15,16)8(17,18)9(19,20)10(21,22)23/h3H,1-2H3,(H,24,25)/t3-/m0/s1. The molecular weight excluding hydrogens is 397 g/mol. The molecule has 15 heteroatoms. The van der Waals surface area contributed by atoms with E-state index in [0.29, 0.717) is 6.92 Å². The molecule has 0 aliphatic rings. The second-order valence-corrected chi connectivity index (χ2v) is 4.84. The van der Waals surface area contributed by atoms with Crippen molar-refractivity contribution in [2.75, 3.05) is 0 Å². The highest BCUT2D eigenvalue weighted by molar-refractivity contribution is 5.73. The van der Waals surface area contributed by atoms with E-state index in [1.165, 1.54) is 0 Å². The second kappa shape index (κ2) is 6.07. The Morgan fingerprint density at radius 2 is 1.00 bits per heavy atom. The summed E-state index contributed by atoms with van der Waals surface area (Å²) < 4.78 is 166. The van der Waals surface area contributed by atoms with Crippen molar-refractivity contribution in [3.63, 3.8) is 0 Å². The van der Waals surface area contributed by atoms with E-state index in [4.69, 9.17) is 0 Å². The van der Waals surface area contributed by atoms with Crippen molar-refractivity contribution >= 4 is 5.91 Å². The Kier molecular flexibility index (Phi) is 5.72. The van der Waals surface area contributed by atoms with Gasteiger partial charge >= 0.3 is 35.8 Å². The molecule has 1 amide bonds. The predicted molar refractivity (Wildman–Crippen MR) is 54.1 cm³/mol. The normalized spacial score (nSPS) is 16.6. The highest BCUT2D eigenvalue weighted by Crippen LogP contribution is 2.60. The Balaban J connectivity index is 6.25. The molecule has 25 heavy (non-hydrogen) atoms. The molecule has 0 aliphatic carbocycles. The van der Waals surface area contributed by atoms with E-state index in [0.717, 1.165) is 5.32 Å². The maximum atomic E-state index is 13.4. The first-order valence-corrected chi connectivity index (χ1v) is 5.82. The highest BCUT2D eigenvalue weighted by atomic mass is 19.4. The number of rotatable bonds is 6. The van der Waals surface area contributed by atoms with Crippen LogP contribution in [-0.4, -0.2) is 47.7 Å². The topological polar surface area (TPSA) is 29.1 Å². The predicted octanol–water partition coefficient (Wildman–Crippen LogP) is 4.25. The van der Waals surface area contributed by atoms with Crippen molar-refractivity contribution < 1.29 is 61.9 Å². The molecule has 0 saturated heterocycles. The van der Waals surface area contributed by atoms with Crippen molar-refractivity contribution in [2.45, 2.75) is 55.7 Å². The zero-order valence-corrected chi connectivity index (χ0v) is 11.9. The third-order valence-electron chi connectivity index (χ3n) is 2.92. The molecule has 1 N–H and O–H groups in total. The Bertz CT molecular complexity index is 509. The van der Waals surface area contributed by atoms with Crippen LogP contribution < -0.4 is 5.32 Å². The third kappa shape index (κ3) is 3.32. The SMILES string of the molecule is CC(=O)N[C@@H](C)C(F)(F)C(F)(F)C(F)(F)C(F)(F)C(F)(F)C(F)(F)F. The van der Waals surface area contributed by atoms with Gasteiger partial charge in [0.2, 0.25) is 5.91 Å². The quantitative estimate of drug-likeness (QED) is 0.658. The van der Waals surface area contributed by atoms with Crippen LogP contribution >= 0.6 is 0 Å². The van der Waals surface area contributed by atoms with Gasteiger partial charge in [-0.15, -0.1) is 0 Å². The molecule has 0 fully saturated rings. The molecule has 1 atom stereocenters. The lowest BCUT2D eigenvalue weighted by Crippen LogP contribution is -2.72. The fourth-order valence-electron chi connectivity index (χ4n) is 1.45. The fourth-order valence-corrected chi connectivity index (χ4v) is 1.45. The van der Waals surface area contributed by atoms with Crippen LogP contribution in [0.3, 0.4) is 0 Å². The van der Waals surface area contributed by atoms with E-state index in [2.05, 4.69) is 0 Å². The molecule has 0 aromatic heterocycles.